The Labute approximate surface area is 148 Å². The van der Waals surface area contributed by atoms with Crippen molar-refractivity contribution in [2.75, 3.05) is 13.1 Å². The normalized spacial score (nSPS) is 15.3. The lowest BCUT2D eigenvalue weighted by Crippen LogP contribution is -2.46. The van der Waals surface area contributed by atoms with Crippen molar-refractivity contribution in [1.82, 2.24) is 10.2 Å². The van der Waals surface area contributed by atoms with E-state index in [2.05, 4.69) is 5.32 Å². The average molecular weight is 367 g/mol. The molecular formula is C17H16ClFN2O2S. The summed E-state index contributed by atoms with van der Waals surface area (Å²) in [6.45, 7) is 0.914. The van der Waals surface area contributed by atoms with E-state index in [9.17, 15) is 14.0 Å². The maximum atomic E-state index is 13.9. The fourth-order valence-corrected chi connectivity index (χ4v) is 3.62. The Morgan fingerprint density at radius 2 is 1.96 bits per heavy atom. The SMILES string of the molecule is O=C(NC1CCN(C(=O)c2c(F)cccc2Cl)CC1)c1cccs1. The summed E-state index contributed by atoms with van der Waals surface area (Å²) in [5, 5.41) is 4.95. The van der Waals surface area contributed by atoms with Gasteiger partial charge in [0.2, 0.25) is 0 Å². The fourth-order valence-electron chi connectivity index (χ4n) is 2.75. The monoisotopic (exact) mass is 366 g/mol. The van der Waals surface area contributed by atoms with Gasteiger partial charge in [-0.25, -0.2) is 4.39 Å². The van der Waals surface area contributed by atoms with Crippen LogP contribution >= 0.6 is 22.9 Å². The molecule has 0 aliphatic carbocycles. The highest BCUT2D eigenvalue weighted by molar-refractivity contribution is 7.12. The molecule has 0 bridgehead atoms. The third-order valence-corrected chi connectivity index (χ3v) is 5.22. The largest absolute Gasteiger partial charge is 0.348 e. The van der Waals surface area contributed by atoms with Gasteiger partial charge in [-0.05, 0) is 36.4 Å². The van der Waals surface area contributed by atoms with Gasteiger partial charge in [0.25, 0.3) is 11.8 Å². The molecule has 126 valence electrons. The number of amides is 2. The summed E-state index contributed by atoms with van der Waals surface area (Å²) in [7, 11) is 0. The number of carbonyl (C=O) groups is 2. The number of rotatable bonds is 3. The quantitative estimate of drug-likeness (QED) is 0.902. The standard InChI is InChI=1S/C17H16ClFN2O2S/c18-12-3-1-4-13(19)15(12)17(23)21-8-6-11(7-9-21)20-16(22)14-5-2-10-24-14/h1-5,10-11H,6-9H2,(H,20,22). The number of hydrogen-bond donors (Lipinski definition) is 1. The molecule has 2 heterocycles. The van der Waals surface area contributed by atoms with Gasteiger partial charge in [-0.2, -0.15) is 0 Å². The third-order valence-electron chi connectivity index (χ3n) is 4.04. The predicted molar refractivity (Wildman–Crippen MR) is 92.1 cm³/mol. The Balaban J connectivity index is 1.59. The van der Waals surface area contributed by atoms with Crippen LogP contribution in [0.2, 0.25) is 5.02 Å². The maximum Gasteiger partial charge on any atom is 0.261 e. The van der Waals surface area contributed by atoms with Crippen LogP contribution in [-0.2, 0) is 0 Å². The lowest BCUT2D eigenvalue weighted by atomic mass is 10.0. The van der Waals surface area contributed by atoms with Crippen LogP contribution < -0.4 is 5.32 Å². The van der Waals surface area contributed by atoms with Crippen molar-refractivity contribution in [1.29, 1.82) is 0 Å². The van der Waals surface area contributed by atoms with E-state index in [1.807, 2.05) is 11.4 Å². The molecule has 1 aromatic heterocycles. The Morgan fingerprint density at radius 3 is 2.58 bits per heavy atom. The molecule has 2 aromatic rings. The van der Waals surface area contributed by atoms with Gasteiger partial charge in [0.1, 0.15) is 5.82 Å². The van der Waals surface area contributed by atoms with E-state index in [1.54, 1.807) is 11.0 Å². The molecule has 7 heteroatoms. The summed E-state index contributed by atoms with van der Waals surface area (Å²) in [6, 6.07) is 7.83. The molecule has 4 nitrogen and oxygen atoms in total. The van der Waals surface area contributed by atoms with Crippen molar-refractivity contribution in [3.63, 3.8) is 0 Å². The molecule has 2 amide bonds. The highest BCUT2D eigenvalue weighted by Crippen LogP contribution is 2.23. The number of hydrogen-bond acceptors (Lipinski definition) is 3. The third kappa shape index (κ3) is 3.60. The second-order valence-electron chi connectivity index (χ2n) is 5.61. The van der Waals surface area contributed by atoms with Gasteiger partial charge >= 0.3 is 0 Å². The van der Waals surface area contributed by atoms with Crippen LogP contribution in [0.5, 0.6) is 0 Å². The van der Waals surface area contributed by atoms with Gasteiger partial charge < -0.3 is 10.2 Å². The number of carbonyl (C=O) groups excluding carboxylic acids is 2. The van der Waals surface area contributed by atoms with Crippen molar-refractivity contribution in [3.05, 3.63) is 57.0 Å². The number of nitrogens with zero attached hydrogens (tertiary/aromatic N) is 1. The Bertz CT molecular complexity index is 723. The van der Waals surface area contributed by atoms with E-state index < -0.39 is 11.7 Å². The van der Waals surface area contributed by atoms with Crippen molar-refractivity contribution >= 4 is 34.8 Å². The zero-order valence-corrected chi connectivity index (χ0v) is 14.4. The maximum absolute atomic E-state index is 13.9. The first-order valence-electron chi connectivity index (χ1n) is 7.64. The van der Waals surface area contributed by atoms with E-state index in [1.165, 1.54) is 29.5 Å². The first-order chi connectivity index (χ1) is 11.6. The summed E-state index contributed by atoms with van der Waals surface area (Å²) < 4.78 is 13.9. The summed E-state index contributed by atoms with van der Waals surface area (Å²) in [6.07, 6.45) is 1.27. The Morgan fingerprint density at radius 1 is 1.21 bits per heavy atom. The summed E-state index contributed by atoms with van der Waals surface area (Å²) in [5.41, 5.74) is -0.0831. The zero-order chi connectivity index (χ0) is 17.1. The highest BCUT2D eigenvalue weighted by atomic mass is 35.5. The van der Waals surface area contributed by atoms with Gasteiger partial charge in [-0.3, -0.25) is 9.59 Å². The molecule has 0 atom stereocenters. The van der Waals surface area contributed by atoms with Gasteiger partial charge in [0.05, 0.1) is 15.5 Å². The summed E-state index contributed by atoms with van der Waals surface area (Å²) >= 11 is 7.35. The van der Waals surface area contributed by atoms with Crippen LogP contribution in [0, 0.1) is 5.82 Å². The number of piperidine rings is 1. The molecule has 1 saturated heterocycles. The van der Waals surface area contributed by atoms with E-state index in [4.69, 9.17) is 11.6 Å². The second-order valence-corrected chi connectivity index (χ2v) is 6.97. The van der Waals surface area contributed by atoms with E-state index in [-0.39, 0.29) is 22.5 Å². The molecule has 0 unspecified atom stereocenters. The predicted octanol–water partition coefficient (Wildman–Crippen LogP) is 3.58. The van der Waals surface area contributed by atoms with Gasteiger partial charge in [-0.1, -0.05) is 23.7 Å². The van der Waals surface area contributed by atoms with Crippen molar-refractivity contribution in [2.45, 2.75) is 18.9 Å². The van der Waals surface area contributed by atoms with Gasteiger partial charge in [0.15, 0.2) is 0 Å². The van der Waals surface area contributed by atoms with E-state index in [0.717, 1.165) is 0 Å². The van der Waals surface area contributed by atoms with Crippen molar-refractivity contribution in [3.8, 4) is 0 Å². The topological polar surface area (TPSA) is 49.4 Å². The van der Waals surface area contributed by atoms with Gasteiger partial charge in [0, 0.05) is 19.1 Å². The lowest BCUT2D eigenvalue weighted by Gasteiger charge is -2.32. The molecule has 1 aromatic carbocycles. The number of nitrogens with one attached hydrogen (secondary N) is 1. The number of thiophene rings is 1. The molecule has 0 saturated carbocycles. The minimum atomic E-state index is -0.611. The molecule has 1 fully saturated rings. The van der Waals surface area contributed by atoms with Crippen LogP contribution in [-0.4, -0.2) is 35.8 Å². The van der Waals surface area contributed by atoms with Crippen molar-refractivity contribution in [2.24, 2.45) is 0 Å². The van der Waals surface area contributed by atoms with E-state index >= 15 is 0 Å². The number of benzene rings is 1. The minimum Gasteiger partial charge on any atom is -0.348 e. The number of likely N-dealkylation sites (tertiary alicyclic amines) is 1. The van der Waals surface area contributed by atoms with Gasteiger partial charge in [-0.15, -0.1) is 11.3 Å². The fraction of sp³-hybridized carbons (Fsp3) is 0.294. The van der Waals surface area contributed by atoms with Crippen LogP contribution in [0.4, 0.5) is 4.39 Å². The van der Waals surface area contributed by atoms with Crippen LogP contribution in [0.1, 0.15) is 32.9 Å². The minimum absolute atomic E-state index is 0.0137. The second kappa shape index (κ2) is 7.32. The molecular weight excluding hydrogens is 351 g/mol. The lowest BCUT2D eigenvalue weighted by molar-refractivity contribution is 0.0694. The molecule has 1 N–H and O–H groups in total. The molecule has 0 radical (unpaired) electrons. The average Bonchev–Trinajstić information content (AvgIpc) is 3.10. The smallest absolute Gasteiger partial charge is 0.261 e. The molecule has 3 rings (SSSR count). The van der Waals surface area contributed by atoms with Crippen LogP contribution in [0.3, 0.4) is 0 Å². The summed E-state index contributed by atoms with van der Waals surface area (Å²) in [5.74, 6) is -1.10. The first-order valence-corrected chi connectivity index (χ1v) is 8.89. The zero-order valence-electron chi connectivity index (χ0n) is 12.8. The molecule has 1 aliphatic rings. The van der Waals surface area contributed by atoms with Crippen LogP contribution in [0.25, 0.3) is 0 Å². The molecule has 24 heavy (non-hydrogen) atoms. The molecule has 1 aliphatic heterocycles. The van der Waals surface area contributed by atoms with Crippen LogP contribution in [0.15, 0.2) is 35.7 Å². The Hall–Kier alpha value is -1.92. The summed E-state index contributed by atoms with van der Waals surface area (Å²) in [4.78, 5) is 26.8. The first kappa shape index (κ1) is 16.9. The van der Waals surface area contributed by atoms with Crippen molar-refractivity contribution < 1.29 is 14.0 Å². The molecule has 0 spiro atoms. The van der Waals surface area contributed by atoms with E-state index in [0.29, 0.717) is 30.8 Å². The Kier molecular flexibility index (Phi) is 5.16. The highest BCUT2D eigenvalue weighted by Gasteiger charge is 2.27. The number of halogens is 2.